The third-order valence-electron chi connectivity index (χ3n) is 3.30. The summed E-state index contributed by atoms with van der Waals surface area (Å²) in [5, 5.41) is 11.6. The van der Waals surface area contributed by atoms with Crippen molar-refractivity contribution in [3.63, 3.8) is 0 Å². The molecule has 0 radical (unpaired) electrons. The van der Waals surface area contributed by atoms with E-state index in [-0.39, 0.29) is 11.4 Å². The van der Waals surface area contributed by atoms with E-state index >= 15 is 0 Å². The second kappa shape index (κ2) is 8.68. The molecule has 1 amide bonds. The van der Waals surface area contributed by atoms with Crippen LogP contribution in [0.25, 0.3) is 0 Å². The maximum Gasteiger partial charge on any atom is 0.408 e. The summed E-state index contributed by atoms with van der Waals surface area (Å²) in [6.45, 7) is 6.26. The second-order valence-corrected chi connectivity index (χ2v) is 7.25. The Morgan fingerprint density at radius 2 is 1.95 bits per heavy atom. The molecular weight excluding hydrogens is 302 g/mol. The number of hydrogen-bond donors (Lipinski definition) is 2. The van der Waals surface area contributed by atoms with Crippen LogP contribution in [0, 0.1) is 0 Å². The normalized spacial score (nSPS) is 12.5. The summed E-state index contributed by atoms with van der Waals surface area (Å²) in [6.07, 6.45) is 0.203. The van der Waals surface area contributed by atoms with Gasteiger partial charge in [0.2, 0.25) is 0 Å². The minimum atomic E-state index is -1.06. The number of ether oxygens (including phenoxy) is 1. The van der Waals surface area contributed by atoms with Crippen molar-refractivity contribution < 1.29 is 19.4 Å². The number of carboxylic acid groups (broad SMARTS) is 1. The molecule has 1 aromatic carbocycles. The van der Waals surface area contributed by atoms with Gasteiger partial charge < -0.3 is 15.2 Å². The Bertz CT molecular complexity index is 490. The number of aliphatic carboxylic acids is 1. The summed E-state index contributed by atoms with van der Waals surface area (Å²) in [7, 11) is 0. The van der Waals surface area contributed by atoms with Gasteiger partial charge in [0.25, 0.3) is 0 Å². The number of amides is 1. The Kier molecular flexibility index (Phi) is 7.24. The zero-order chi connectivity index (χ0) is 16.6. The number of alkyl carbamates (subject to hydrolysis) is 1. The molecule has 0 saturated heterocycles. The van der Waals surface area contributed by atoms with Gasteiger partial charge in [-0.3, -0.25) is 0 Å². The van der Waals surface area contributed by atoms with E-state index in [2.05, 4.69) is 5.32 Å². The molecule has 0 heterocycles. The lowest BCUT2D eigenvalue weighted by Crippen LogP contribution is -2.43. The molecular formula is C16H23NO4S. The van der Waals surface area contributed by atoms with Crippen molar-refractivity contribution in [1.29, 1.82) is 0 Å². The minimum absolute atomic E-state index is 0.0245. The van der Waals surface area contributed by atoms with Crippen molar-refractivity contribution in [2.24, 2.45) is 0 Å². The lowest BCUT2D eigenvalue weighted by molar-refractivity contribution is -0.138. The van der Waals surface area contributed by atoms with Crippen molar-refractivity contribution >= 4 is 23.8 Å². The molecule has 6 heteroatoms. The SMILES string of the molecule is CCC(C)(C)SC[C@@H](NC(=O)OCc1ccccc1)C(=O)O. The van der Waals surface area contributed by atoms with Gasteiger partial charge in [-0.1, -0.05) is 51.1 Å². The molecule has 0 aromatic heterocycles. The first kappa shape index (κ1) is 18.4. The maximum absolute atomic E-state index is 11.7. The number of rotatable bonds is 8. The highest BCUT2D eigenvalue weighted by atomic mass is 32.2. The lowest BCUT2D eigenvalue weighted by Gasteiger charge is -2.24. The molecule has 0 unspecified atom stereocenters. The van der Waals surface area contributed by atoms with Gasteiger partial charge in [-0.05, 0) is 12.0 Å². The molecule has 1 aromatic rings. The van der Waals surface area contributed by atoms with E-state index in [1.54, 1.807) is 0 Å². The van der Waals surface area contributed by atoms with Crippen LogP contribution in [0.3, 0.4) is 0 Å². The van der Waals surface area contributed by atoms with Crippen LogP contribution in [0.4, 0.5) is 4.79 Å². The number of thioether (sulfide) groups is 1. The Hall–Kier alpha value is -1.69. The Morgan fingerprint density at radius 3 is 2.50 bits per heavy atom. The van der Waals surface area contributed by atoms with Crippen molar-refractivity contribution in [2.45, 2.75) is 44.6 Å². The Morgan fingerprint density at radius 1 is 1.32 bits per heavy atom. The first-order valence-electron chi connectivity index (χ1n) is 7.18. The molecule has 0 aliphatic rings. The van der Waals surface area contributed by atoms with E-state index in [1.165, 1.54) is 11.8 Å². The average Bonchev–Trinajstić information content (AvgIpc) is 2.50. The van der Waals surface area contributed by atoms with Crippen LogP contribution >= 0.6 is 11.8 Å². The number of carbonyl (C=O) groups excluding carboxylic acids is 1. The fourth-order valence-electron chi connectivity index (χ4n) is 1.49. The van der Waals surface area contributed by atoms with Crippen LogP contribution in [0.1, 0.15) is 32.8 Å². The fraction of sp³-hybridized carbons (Fsp3) is 0.500. The molecule has 0 saturated carbocycles. The molecule has 122 valence electrons. The largest absolute Gasteiger partial charge is 0.480 e. The summed E-state index contributed by atoms with van der Waals surface area (Å²) < 4.78 is 5.02. The van der Waals surface area contributed by atoms with E-state index in [9.17, 15) is 14.7 Å². The molecule has 0 bridgehead atoms. The van der Waals surface area contributed by atoms with Gasteiger partial charge in [-0.2, -0.15) is 11.8 Å². The quantitative estimate of drug-likeness (QED) is 0.767. The van der Waals surface area contributed by atoms with Gasteiger partial charge in [-0.15, -0.1) is 0 Å². The van der Waals surface area contributed by atoms with Crippen LogP contribution in [0.2, 0.25) is 0 Å². The predicted molar refractivity (Wildman–Crippen MR) is 88.0 cm³/mol. The van der Waals surface area contributed by atoms with Crippen molar-refractivity contribution in [1.82, 2.24) is 5.32 Å². The van der Waals surface area contributed by atoms with E-state index in [1.807, 2.05) is 51.1 Å². The smallest absolute Gasteiger partial charge is 0.408 e. The highest BCUT2D eigenvalue weighted by Gasteiger charge is 2.25. The summed E-state index contributed by atoms with van der Waals surface area (Å²) in [5.41, 5.74) is 0.853. The summed E-state index contributed by atoms with van der Waals surface area (Å²) >= 11 is 1.52. The molecule has 0 spiro atoms. The summed E-state index contributed by atoms with van der Waals surface area (Å²) in [6, 6.07) is 8.28. The van der Waals surface area contributed by atoms with Crippen LogP contribution in [-0.2, 0) is 16.1 Å². The summed E-state index contributed by atoms with van der Waals surface area (Å²) in [4.78, 5) is 23.0. The Balaban J connectivity index is 2.45. The Labute approximate surface area is 135 Å². The topological polar surface area (TPSA) is 75.6 Å². The number of nitrogens with one attached hydrogen (secondary N) is 1. The van der Waals surface area contributed by atoms with Gasteiger partial charge in [0, 0.05) is 10.5 Å². The third kappa shape index (κ3) is 6.85. The molecule has 0 aliphatic heterocycles. The number of carboxylic acids is 1. The molecule has 5 nitrogen and oxygen atoms in total. The van der Waals surface area contributed by atoms with E-state index < -0.39 is 18.1 Å². The van der Waals surface area contributed by atoms with Crippen LogP contribution < -0.4 is 5.32 Å². The van der Waals surface area contributed by atoms with Gasteiger partial charge in [0.1, 0.15) is 12.6 Å². The van der Waals surface area contributed by atoms with Crippen LogP contribution in [-0.4, -0.2) is 33.7 Å². The number of benzene rings is 1. The zero-order valence-electron chi connectivity index (χ0n) is 13.2. The minimum Gasteiger partial charge on any atom is -0.480 e. The van der Waals surface area contributed by atoms with E-state index in [0.29, 0.717) is 5.75 Å². The van der Waals surface area contributed by atoms with Crippen molar-refractivity contribution in [2.75, 3.05) is 5.75 Å². The number of carbonyl (C=O) groups is 2. The van der Waals surface area contributed by atoms with Crippen molar-refractivity contribution in [3.8, 4) is 0 Å². The van der Waals surface area contributed by atoms with Gasteiger partial charge in [-0.25, -0.2) is 9.59 Å². The van der Waals surface area contributed by atoms with Gasteiger partial charge in [0.15, 0.2) is 0 Å². The first-order valence-corrected chi connectivity index (χ1v) is 8.16. The van der Waals surface area contributed by atoms with Gasteiger partial charge in [0.05, 0.1) is 0 Å². The van der Waals surface area contributed by atoms with E-state index in [4.69, 9.17) is 4.74 Å². The molecule has 0 fully saturated rings. The molecule has 0 aliphatic carbocycles. The average molecular weight is 325 g/mol. The molecule has 1 rings (SSSR count). The standard InChI is InChI=1S/C16H23NO4S/c1-4-16(2,3)22-11-13(14(18)19)17-15(20)21-10-12-8-6-5-7-9-12/h5-9,13H,4,10-11H2,1-3H3,(H,17,20)(H,18,19)/t13-/m1/s1. The fourth-order valence-corrected chi connectivity index (χ4v) is 2.54. The van der Waals surface area contributed by atoms with Crippen LogP contribution in [0.5, 0.6) is 0 Å². The predicted octanol–water partition coefficient (Wildman–Crippen LogP) is 3.29. The second-order valence-electron chi connectivity index (χ2n) is 5.52. The highest BCUT2D eigenvalue weighted by Crippen LogP contribution is 2.28. The summed E-state index contributed by atoms with van der Waals surface area (Å²) in [5.74, 6) is -0.757. The molecule has 22 heavy (non-hydrogen) atoms. The monoisotopic (exact) mass is 325 g/mol. The highest BCUT2D eigenvalue weighted by molar-refractivity contribution is 8.00. The van der Waals surface area contributed by atoms with Crippen molar-refractivity contribution in [3.05, 3.63) is 35.9 Å². The third-order valence-corrected chi connectivity index (χ3v) is 4.87. The maximum atomic E-state index is 11.7. The number of hydrogen-bond acceptors (Lipinski definition) is 4. The molecule has 1 atom stereocenters. The van der Waals surface area contributed by atoms with Crippen LogP contribution in [0.15, 0.2) is 30.3 Å². The molecule has 2 N–H and O–H groups in total. The first-order chi connectivity index (χ1) is 10.3. The van der Waals surface area contributed by atoms with Gasteiger partial charge >= 0.3 is 12.1 Å². The van der Waals surface area contributed by atoms with E-state index in [0.717, 1.165) is 12.0 Å². The lowest BCUT2D eigenvalue weighted by atomic mass is 10.1. The zero-order valence-corrected chi connectivity index (χ0v) is 14.0.